The van der Waals surface area contributed by atoms with Crippen molar-refractivity contribution in [2.45, 2.75) is 31.9 Å². The second kappa shape index (κ2) is 4.77. The first kappa shape index (κ1) is 14.3. The summed E-state index contributed by atoms with van der Waals surface area (Å²) in [5, 5.41) is 12.2. The number of hydrogen-bond acceptors (Lipinski definition) is 5. The summed E-state index contributed by atoms with van der Waals surface area (Å²) >= 11 is 0. The summed E-state index contributed by atoms with van der Waals surface area (Å²) in [7, 11) is 1.68. The van der Waals surface area contributed by atoms with Gasteiger partial charge in [0, 0.05) is 26.6 Å². The average molecular weight is 283 g/mol. The lowest BCUT2D eigenvalue weighted by Gasteiger charge is -2.45. The fourth-order valence-electron chi connectivity index (χ4n) is 2.41. The lowest BCUT2D eigenvalue weighted by atomic mass is 9.96. The average Bonchev–Trinajstić information content (AvgIpc) is 2.85. The minimum absolute atomic E-state index is 0.0786. The molecule has 2 heterocycles. The van der Waals surface area contributed by atoms with Crippen molar-refractivity contribution in [1.82, 2.24) is 9.80 Å². The first-order valence-corrected chi connectivity index (χ1v) is 6.28. The number of carbonyl (C=O) groups excluding carboxylic acids is 2. The third kappa shape index (κ3) is 2.21. The predicted molar refractivity (Wildman–Crippen MR) is 68.0 cm³/mol. The van der Waals surface area contributed by atoms with Crippen LogP contribution in [0.15, 0.2) is 5.16 Å². The fourth-order valence-corrected chi connectivity index (χ4v) is 2.41. The number of likely N-dealkylation sites (N-methyl/N-ethyl adjacent to an activating group) is 1. The molecule has 20 heavy (non-hydrogen) atoms. The van der Waals surface area contributed by atoms with Gasteiger partial charge in [0.15, 0.2) is 5.71 Å². The van der Waals surface area contributed by atoms with Crippen LogP contribution in [-0.4, -0.2) is 70.2 Å². The third-order valence-corrected chi connectivity index (χ3v) is 3.66. The summed E-state index contributed by atoms with van der Waals surface area (Å²) in [5.74, 6) is -1.76. The largest absolute Gasteiger partial charge is 0.477 e. The molecule has 0 bridgehead atoms. The van der Waals surface area contributed by atoms with Crippen molar-refractivity contribution in [3.8, 4) is 0 Å². The van der Waals surface area contributed by atoms with Crippen LogP contribution in [0.4, 0.5) is 0 Å². The zero-order valence-electron chi connectivity index (χ0n) is 11.6. The molecule has 0 aromatic carbocycles. The lowest BCUT2D eigenvalue weighted by Crippen LogP contribution is -2.65. The molecule has 2 aliphatic rings. The van der Waals surface area contributed by atoms with Crippen molar-refractivity contribution in [2.75, 3.05) is 20.1 Å². The number of amides is 2. The monoisotopic (exact) mass is 283 g/mol. The fraction of sp³-hybridized carbons (Fsp3) is 0.667. The van der Waals surface area contributed by atoms with Gasteiger partial charge in [-0.1, -0.05) is 5.16 Å². The second-order valence-corrected chi connectivity index (χ2v) is 5.42. The van der Waals surface area contributed by atoms with Gasteiger partial charge in [0.05, 0.1) is 0 Å². The minimum atomic E-state index is -1.20. The molecule has 0 spiro atoms. The summed E-state index contributed by atoms with van der Waals surface area (Å²) in [6.45, 7) is 4.15. The number of nitrogens with zero attached hydrogens (tertiary/aromatic N) is 3. The van der Waals surface area contributed by atoms with E-state index in [0.29, 0.717) is 13.1 Å². The van der Waals surface area contributed by atoms with Gasteiger partial charge in [-0.25, -0.2) is 4.79 Å². The molecule has 8 nitrogen and oxygen atoms in total. The van der Waals surface area contributed by atoms with Crippen molar-refractivity contribution in [2.24, 2.45) is 5.16 Å². The van der Waals surface area contributed by atoms with E-state index in [9.17, 15) is 14.4 Å². The Balaban J connectivity index is 2.11. The Morgan fingerprint density at radius 3 is 2.60 bits per heavy atom. The summed E-state index contributed by atoms with van der Waals surface area (Å²) in [6.07, 6.45) is -1.04. The van der Waals surface area contributed by atoms with Gasteiger partial charge in [0.1, 0.15) is 5.54 Å². The van der Waals surface area contributed by atoms with Crippen molar-refractivity contribution in [1.29, 1.82) is 0 Å². The van der Waals surface area contributed by atoms with E-state index < -0.39 is 23.5 Å². The molecule has 0 radical (unpaired) electrons. The lowest BCUT2D eigenvalue weighted by molar-refractivity contribution is -0.162. The van der Waals surface area contributed by atoms with Crippen LogP contribution in [0.3, 0.4) is 0 Å². The normalized spacial score (nSPS) is 25.2. The van der Waals surface area contributed by atoms with Gasteiger partial charge in [-0.3, -0.25) is 9.59 Å². The third-order valence-electron chi connectivity index (χ3n) is 3.66. The van der Waals surface area contributed by atoms with Gasteiger partial charge in [-0.05, 0) is 13.8 Å². The standard InChI is InChI=1S/C12H17N3O5/c1-12(2)11(19)14(3)4-5-15(12)9(16)8-6-7(10(17)18)13-20-8/h8H,4-6H2,1-3H3,(H,17,18). The Labute approximate surface area is 116 Å². The molecule has 1 fully saturated rings. The Morgan fingerprint density at radius 1 is 1.40 bits per heavy atom. The Kier molecular flexibility index (Phi) is 3.41. The maximum absolute atomic E-state index is 12.4. The van der Waals surface area contributed by atoms with Crippen LogP contribution >= 0.6 is 0 Å². The number of piperazine rings is 1. The molecule has 2 rings (SSSR count). The Bertz CT molecular complexity index is 499. The summed E-state index contributed by atoms with van der Waals surface area (Å²) in [4.78, 5) is 43.2. The molecule has 1 N–H and O–H groups in total. The van der Waals surface area contributed by atoms with E-state index >= 15 is 0 Å². The van der Waals surface area contributed by atoms with Gasteiger partial charge in [0.2, 0.25) is 12.0 Å². The zero-order valence-corrected chi connectivity index (χ0v) is 11.6. The zero-order chi connectivity index (χ0) is 15.1. The molecule has 1 atom stereocenters. The van der Waals surface area contributed by atoms with Gasteiger partial charge >= 0.3 is 5.97 Å². The molecule has 0 aromatic rings. The van der Waals surface area contributed by atoms with E-state index in [4.69, 9.17) is 9.94 Å². The van der Waals surface area contributed by atoms with Crippen molar-refractivity contribution in [3.05, 3.63) is 0 Å². The highest BCUT2D eigenvalue weighted by atomic mass is 16.6. The molecule has 0 saturated carbocycles. The number of aliphatic carboxylic acids is 1. The molecule has 1 saturated heterocycles. The quantitative estimate of drug-likeness (QED) is 0.722. The maximum atomic E-state index is 12.4. The van der Waals surface area contributed by atoms with Crippen LogP contribution in [0.5, 0.6) is 0 Å². The highest BCUT2D eigenvalue weighted by Crippen LogP contribution is 2.25. The molecule has 0 aromatic heterocycles. The molecule has 1 unspecified atom stereocenters. The summed E-state index contributed by atoms with van der Waals surface area (Å²) < 4.78 is 0. The van der Waals surface area contributed by atoms with Crippen molar-refractivity contribution < 1.29 is 24.3 Å². The van der Waals surface area contributed by atoms with E-state index in [1.54, 1.807) is 25.8 Å². The van der Waals surface area contributed by atoms with E-state index in [-0.39, 0.29) is 18.0 Å². The highest BCUT2D eigenvalue weighted by Gasteiger charge is 2.46. The molecule has 110 valence electrons. The second-order valence-electron chi connectivity index (χ2n) is 5.42. The smallest absolute Gasteiger partial charge is 0.353 e. The van der Waals surface area contributed by atoms with Crippen molar-refractivity contribution in [3.63, 3.8) is 0 Å². The van der Waals surface area contributed by atoms with E-state index in [0.717, 1.165) is 0 Å². The number of oxime groups is 1. The van der Waals surface area contributed by atoms with Crippen LogP contribution in [0.25, 0.3) is 0 Å². The Hall–Kier alpha value is -2.12. The number of carboxylic acid groups (broad SMARTS) is 1. The maximum Gasteiger partial charge on any atom is 0.353 e. The molecule has 0 aliphatic carbocycles. The summed E-state index contributed by atoms with van der Waals surface area (Å²) in [5.41, 5.74) is -1.15. The SMILES string of the molecule is CN1CCN(C(=O)C2CC(C(=O)O)=NO2)C(C)(C)C1=O. The molecular formula is C12H17N3O5. The van der Waals surface area contributed by atoms with Crippen molar-refractivity contribution >= 4 is 23.5 Å². The van der Waals surface area contributed by atoms with E-state index in [1.807, 2.05) is 0 Å². The van der Waals surface area contributed by atoms with Crippen LogP contribution in [0, 0.1) is 0 Å². The number of carboxylic acids is 1. The Morgan fingerprint density at radius 2 is 2.05 bits per heavy atom. The highest BCUT2D eigenvalue weighted by molar-refractivity contribution is 6.36. The molecule has 2 aliphatic heterocycles. The number of carbonyl (C=O) groups is 3. The topological polar surface area (TPSA) is 99.5 Å². The minimum Gasteiger partial charge on any atom is -0.477 e. The van der Waals surface area contributed by atoms with Gasteiger partial charge < -0.3 is 19.7 Å². The van der Waals surface area contributed by atoms with Crippen LogP contribution in [0.1, 0.15) is 20.3 Å². The van der Waals surface area contributed by atoms with Crippen LogP contribution in [-0.2, 0) is 19.2 Å². The first-order chi connectivity index (χ1) is 9.25. The number of hydrogen-bond donors (Lipinski definition) is 1. The summed E-state index contributed by atoms with van der Waals surface area (Å²) in [6, 6.07) is 0. The van der Waals surface area contributed by atoms with Crippen LogP contribution in [0.2, 0.25) is 0 Å². The predicted octanol–water partition coefficient (Wildman–Crippen LogP) is -0.705. The first-order valence-electron chi connectivity index (χ1n) is 6.28. The van der Waals surface area contributed by atoms with Gasteiger partial charge in [-0.2, -0.15) is 0 Å². The van der Waals surface area contributed by atoms with E-state index in [1.165, 1.54) is 4.90 Å². The van der Waals surface area contributed by atoms with Gasteiger partial charge in [-0.15, -0.1) is 0 Å². The van der Waals surface area contributed by atoms with Crippen LogP contribution < -0.4 is 0 Å². The van der Waals surface area contributed by atoms with Gasteiger partial charge in [0.25, 0.3) is 5.91 Å². The number of rotatable bonds is 2. The molecule has 8 heteroatoms. The van der Waals surface area contributed by atoms with E-state index in [2.05, 4.69) is 5.16 Å². The molecular weight excluding hydrogens is 266 g/mol. The molecule has 2 amide bonds.